The van der Waals surface area contributed by atoms with Gasteiger partial charge in [-0.15, -0.1) is 0 Å². The predicted molar refractivity (Wildman–Crippen MR) is 83.5 cm³/mol. The molecular weight excluding hydrogens is 247 g/mol. The maximum atomic E-state index is 6.22. The zero-order chi connectivity index (χ0) is 14.5. The van der Waals surface area contributed by atoms with E-state index in [0.29, 0.717) is 5.92 Å². The molecule has 1 heterocycles. The SMILES string of the molecule is CCC1CCc2c(B3OC(C)(C)C(C)(C)O3)cccc21. The van der Waals surface area contributed by atoms with E-state index in [2.05, 4.69) is 52.8 Å². The first-order valence-corrected chi connectivity index (χ1v) is 7.83. The lowest BCUT2D eigenvalue weighted by Gasteiger charge is -2.32. The third kappa shape index (κ3) is 2.03. The number of fused-ring (bicyclic) bond motifs is 1. The van der Waals surface area contributed by atoms with E-state index in [1.165, 1.54) is 29.4 Å². The molecule has 1 atom stereocenters. The molecular formula is C17H25BO2. The topological polar surface area (TPSA) is 18.5 Å². The quantitative estimate of drug-likeness (QED) is 0.768. The van der Waals surface area contributed by atoms with E-state index in [9.17, 15) is 0 Å². The summed E-state index contributed by atoms with van der Waals surface area (Å²) in [5, 5.41) is 0. The van der Waals surface area contributed by atoms with Crippen molar-refractivity contribution in [2.24, 2.45) is 0 Å². The minimum atomic E-state index is -0.261. The first-order valence-electron chi connectivity index (χ1n) is 7.83. The van der Waals surface area contributed by atoms with Gasteiger partial charge in [-0.25, -0.2) is 0 Å². The first-order chi connectivity index (χ1) is 9.36. The molecule has 1 fully saturated rings. The molecule has 1 aliphatic carbocycles. The van der Waals surface area contributed by atoms with Gasteiger partial charge in [0.1, 0.15) is 0 Å². The van der Waals surface area contributed by atoms with Crippen LogP contribution < -0.4 is 5.46 Å². The Morgan fingerprint density at radius 2 is 1.80 bits per heavy atom. The predicted octanol–water partition coefficient (Wildman–Crippen LogP) is 3.43. The average molecular weight is 272 g/mol. The van der Waals surface area contributed by atoms with Gasteiger partial charge in [0.05, 0.1) is 11.2 Å². The second kappa shape index (κ2) is 4.61. The first kappa shape index (κ1) is 14.2. The molecule has 3 heteroatoms. The summed E-state index contributed by atoms with van der Waals surface area (Å²) in [6.45, 7) is 10.7. The fourth-order valence-electron chi connectivity index (χ4n) is 3.38. The summed E-state index contributed by atoms with van der Waals surface area (Å²) in [4.78, 5) is 0. The average Bonchev–Trinajstić information content (AvgIpc) is 2.88. The van der Waals surface area contributed by atoms with Crippen LogP contribution in [-0.4, -0.2) is 18.3 Å². The standard InChI is InChI=1S/C17H25BO2/c1-6-12-10-11-14-13(12)8-7-9-15(14)18-19-16(2,3)17(4,5)20-18/h7-9,12H,6,10-11H2,1-5H3. The van der Waals surface area contributed by atoms with Crippen molar-refractivity contribution in [3.8, 4) is 0 Å². The molecule has 1 aromatic carbocycles. The van der Waals surface area contributed by atoms with Crippen LogP contribution in [0.15, 0.2) is 18.2 Å². The van der Waals surface area contributed by atoms with E-state index < -0.39 is 0 Å². The van der Waals surface area contributed by atoms with E-state index in [1.807, 2.05) is 0 Å². The molecule has 0 aromatic heterocycles. The van der Waals surface area contributed by atoms with Crippen molar-refractivity contribution >= 4 is 12.6 Å². The Morgan fingerprint density at radius 1 is 1.15 bits per heavy atom. The molecule has 0 radical (unpaired) electrons. The summed E-state index contributed by atoms with van der Waals surface area (Å²) in [5.74, 6) is 0.715. The van der Waals surface area contributed by atoms with Gasteiger partial charge in [-0.05, 0) is 69.5 Å². The number of benzene rings is 1. The van der Waals surface area contributed by atoms with Crippen molar-refractivity contribution < 1.29 is 9.31 Å². The Balaban J connectivity index is 1.96. The van der Waals surface area contributed by atoms with Gasteiger partial charge in [-0.3, -0.25) is 0 Å². The lowest BCUT2D eigenvalue weighted by Crippen LogP contribution is -2.41. The van der Waals surface area contributed by atoms with Crippen LogP contribution in [0.1, 0.15) is 64.5 Å². The molecule has 0 N–H and O–H groups in total. The second-order valence-electron chi connectivity index (χ2n) is 7.15. The van der Waals surface area contributed by atoms with Gasteiger partial charge in [0, 0.05) is 0 Å². The molecule has 0 bridgehead atoms. The second-order valence-corrected chi connectivity index (χ2v) is 7.15. The smallest absolute Gasteiger partial charge is 0.399 e. The van der Waals surface area contributed by atoms with Crippen LogP contribution in [0.4, 0.5) is 0 Å². The summed E-state index contributed by atoms with van der Waals surface area (Å²) < 4.78 is 12.4. The van der Waals surface area contributed by atoms with Gasteiger partial charge in [0.2, 0.25) is 0 Å². The van der Waals surface area contributed by atoms with Crippen LogP contribution >= 0.6 is 0 Å². The van der Waals surface area contributed by atoms with Crippen LogP contribution in [0.2, 0.25) is 0 Å². The van der Waals surface area contributed by atoms with Crippen LogP contribution in [0.3, 0.4) is 0 Å². The zero-order valence-electron chi connectivity index (χ0n) is 13.3. The molecule has 0 spiro atoms. The van der Waals surface area contributed by atoms with Crippen LogP contribution in [0, 0.1) is 0 Å². The van der Waals surface area contributed by atoms with Crippen molar-refractivity contribution in [2.45, 2.75) is 71.0 Å². The molecule has 2 nitrogen and oxygen atoms in total. The van der Waals surface area contributed by atoms with Crippen LogP contribution in [0.25, 0.3) is 0 Å². The molecule has 0 amide bonds. The third-order valence-corrected chi connectivity index (χ3v) is 5.43. The molecule has 1 saturated heterocycles. The highest BCUT2D eigenvalue weighted by Gasteiger charge is 2.52. The van der Waals surface area contributed by atoms with E-state index >= 15 is 0 Å². The Hall–Kier alpha value is -0.795. The summed E-state index contributed by atoms with van der Waals surface area (Å²) in [5.41, 5.74) is 3.71. The molecule has 0 saturated carbocycles. The Morgan fingerprint density at radius 3 is 2.40 bits per heavy atom. The van der Waals surface area contributed by atoms with Gasteiger partial charge in [0.25, 0.3) is 0 Å². The van der Waals surface area contributed by atoms with Crippen molar-refractivity contribution in [3.05, 3.63) is 29.3 Å². The van der Waals surface area contributed by atoms with E-state index in [4.69, 9.17) is 9.31 Å². The lowest BCUT2D eigenvalue weighted by atomic mass is 9.74. The van der Waals surface area contributed by atoms with Crippen molar-refractivity contribution in [1.82, 2.24) is 0 Å². The minimum Gasteiger partial charge on any atom is -0.399 e. The fourth-order valence-corrected chi connectivity index (χ4v) is 3.38. The molecule has 1 aliphatic heterocycles. The van der Waals surface area contributed by atoms with E-state index in [1.54, 1.807) is 0 Å². The Kier molecular flexibility index (Phi) is 3.26. The summed E-state index contributed by atoms with van der Waals surface area (Å²) in [6.07, 6.45) is 3.65. The van der Waals surface area contributed by atoms with Gasteiger partial charge < -0.3 is 9.31 Å². The largest absolute Gasteiger partial charge is 0.495 e. The summed E-state index contributed by atoms with van der Waals surface area (Å²) in [7, 11) is -0.217. The normalized spacial score (nSPS) is 26.9. The van der Waals surface area contributed by atoms with Crippen molar-refractivity contribution in [2.75, 3.05) is 0 Å². The van der Waals surface area contributed by atoms with Gasteiger partial charge >= 0.3 is 7.12 Å². The molecule has 20 heavy (non-hydrogen) atoms. The lowest BCUT2D eigenvalue weighted by molar-refractivity contribution is 0.00578. The van der Waals surface area contributed by atoms with Crippen molar-refractivity contribution in [3.63, 3.8) is 0 Å². The van der Waals surface area contributed by atoms with Crippen molar-refractivity contribution in [1.29, 1.82) is 0 Å². The fraction of sp³-hybridized carbons (Fsp3) is 0.647. The van der Waals surface area contributed by atoms with E-state index in [0.717, 1.165) is 6.42 Å². The third-order valence-electron chi connectivity index (χ3n) is 5.43. The molecule has 108 valence electrons. The maximum Gasteiger partial charge on any atom is 0.495 e. The van der Waals surface area contributed by atoms with E-state index in [-0.39, 0.29) is 18.3 Å². The highest BCUT2D eigenvalue weighted by molar-refractivity contribution is 6.62. The summed E-state index contributed by atoms with van der Waals surface area (Å²) >= 11 is 0. The number of hydrogen-bond acceptors (Lipinski definition) is 2. The zero-order valence-corrected chi connectivity index (χ0v) is 13.3. The van der Waals surface area contributed by atoms with Gasteiger partial charge in [-0.1, -0.05) is 25.1 Å². The highest BCUT2D eigenvalue weighted by atomic mass is 16.7. The Bertz CT molecular complexity index is 506. The number of hydrogen-bond donors (Lipinski definition) is 0. The highest BCUT2D eigenvalue weighted by Crippen LogP contribution is 2.39. The maximum absolute atomic E-state index is 6.22. The molecule has 2 aliphatic rings. The molecule has 3 rings (SSSR count). The summed E-state index contributed by atoms with van der Waals surface area (Å²) in [6, 6.07) is 6.62. The number of rotatable bonds is 2. The minimum absolute atomic E-state index is 0.217. The van der Waals surface area contributed by atoms with Crippen LogP contribution in [0.5, 0.6) is 0 Å². The monoisotopic (exact) mass is 272 g/mol. The van der Waals surface area contributed by atoms with Gasteiger partial charge in [0.15, 0.2) is 0 Å². The Labute approximate surface area is 123 Å². The van der Waals surface area contributed by atoms with Crippen LogP contribution in [-0.2, 0) is 15.7 Å². The van der Waals surface area contributed by atoms with Gasteiger partial charge in [-0.2, -0.15) is 0 Å². The molecule has 1 unspecified atom stereocenters. The molecule has 1 aromatic rings.